The molecule has 5 heteroatoms. The lowest BCUT2D eigenvalue weighted by molar-refractivity contribution is -0.0384. The Labute approximate surface area is 114 Å². The molecule has 0 N–H and O–H groups in total. The van der Waals surface area contributed by atoms with Gasteiger partial charge < -0.3 is 18.9 Å². The molecule has 0 saturated heterocycles. The predicted octanol–water partition coefficient (Wildman–Crippen LogP) is 2.13. The van der Waals surface area contributed by atoms with Crippen molar-refractivity contribution in [2.24, 2.45) is 0 Å². The van der Waals surface area contributed by atoms with Crippen molar-refractivity contribution in [1.82, 2.24) is 0 Å². The molecule has 0 fully saturated rings. The number of hydrogen-bond acceptors (Lipinski definition) is 4. The molecular formula is C14H25FO4. The molecule has 0 amide bonds. The maximum Gasteiger partial charge on any atom is 0.113 e. The number of rotatable bonds is 10. The van der Waals surface area contributed by atoms with Gasteiger partial charge in [0.05, 0.1) is 52.4 Å². The third kappa shape index (κ3) is 10.0. The quantitative estimate of drug-likeness (QED) is 0.452. The highest BCUT2D eigenvalue weighted by Crippen LogP contribution is 2.08. The Morgan fingerprint density at radius 3 is 2.42 bits per heavy atom. The second kappa shape index (κ2) is 12.5. The van der Waals surface area contributed by atoms with Gasteiger partial charge in [-0.3, -0.25) is 0 Å². The van der Waals surface area contributed by atoms with Crippen LogP contribution in [0.1, 0.15) is 19.3 Å². The molecule has 0 aromatic heterocycles. The van der Waals surface area contributed by atoms with Crippen LogP contribution in [0, 0.1) is 0 Å². The highest BCUT2D eigenvalue weighted by atomic mass is 18.2. The lowest BCUT2D eigenvalue weighted by atomic mass is 10.1. The first-order valence-corrected chi connectivity index (χ1v) is 6.99. The van der Waals surface area contributed by atoms with Gasteiger partial charge in [0.1, 0.15) is 6.67 Å². The van der Waals surface area contributed by atoms with Crippen molar-refractivity contribution in [1.29, 1.82) is 0 Å². The monoisotopic (exact) mass is 275 g/mol. The third-order valence-electron chi connectivity index (χ3n) is 2.73. The summed E-state index contributed by atoms with van der Waals surface area (Å²) in [6.45, 7) is 3.09. The summed E-state index contributed by atoms with van der Waals surface area (Å²) in [4.78, 5) is 0. The van der Waals surface area contributed by atoms with Gasteiger partial charge in [-0.2, -0.15) is 0 Å². The molecule has 0 spiro atoms. The van der Waals surface area contributed by atoms with E-state index in [9.17, 15) is 4.39 Å². The molecule has 4 nitrogen and oxygen atoms in total. The summed E-state index contributed by atoms with van der Waals surface area (Å²) in [6, 6.07) is 0. The first-order chi connectivity index (χ1) is 9.43. The summed E-state index contributed by atoms with van der Waals surface area (Å²) < 4.78 is 33.1. The number of halogens is 1. The molecule has 1 aliphatic rings. The molecule has 0 aromatic rings. The van der Waals surface area contributed by atoms with Crippen LogP contribution in [0.15, 0.2) is 12.2 Å². The van der Waals surface area contributed by atoms with Crippen LogP contribution in [-0.4, -0.2) is 59.0 Å². The average Bonchev–Trinajstić information content (AvgIpc) is 2.39. The van der Waals surface area contributed by atoms with Gasteiger partial charge in [0, 0.05) is 0 Å². The zero-order valence-corrected chi connectivity index (χ0v) is 11.5. The lowest BCUT2D eigenvalue weighted by Crippen LogP contribution is -2.22. The van der Waals surface area contributed by atoms with E-state index in [0.29, 0.717) is 33.0 Å². The third-order valence-corrected chi connectivity index (χ3v) is 2.73. The van der Waals surface area contributed by atoms with Crippen LogP contribution in [0.3, 0.4) is 0 Å². The van der Waals surface area contributed by atoms with Gasteiger partial charge in [-0.25, -0.2) is 4.39 Å². The van der Waals surface area contributed by atoms with Crippen molar-refractivity contribution in [3.63, 3.8) is 0 Å². The molecule has 1 atom stereocenters. The lowest BCUT2D eigenvalue weighted by Gasteiger charge is -2.18. The molecule has 19 heavy (non-hydrogen) atoms. The standard InChI is InChI=1S/C14H25FO4/c15-6-8-16-9-10-17-11-12-18-13-14-5-3-1-2-4-7-19-14/h1-2,14H,3-13H2/b2-1+/i15-1. The van der Waals surface area contributed by atoms with Gasteiger partial charge >= 0.3 is 0 Å². The van der Waals surface area contributed by atoms with Gasteiger partial charge in [0.25, 0.3) is 0 Å². The first-order valence-electron chi connectivity index (χ1n) is 6.99. The molecule has 0 bridgehead atoms. The van der Waals surface area contributed by atoms with E-state index in [-0.39, 0.29) is 12.7 Å². The minimum Gasteiger partial charge on any atom is -0.377 e. The van der Waals surface area contributed by atoms with E-state index in [0.717, 1.165) is 25.9 Å². The number of alkyl halides is 1. The molecule has 0 aromatic carbocycles. The summed E-state index contributed by atoms with van der Waals surface area (Å²) in [6.07, 6.45) is 7.60. The molecule has 112 valence electrons. The van der Waals surface area contributed by atoms with Crippen LogP contribution in [-0.2, 0) is 18.9 Å². The Kier molecular flexibility index (Phi) is 10.9. The van der Waals surface area contributed by atoms with Crippen LogP contribution in [0.4, 0.5) is 4.39 Å². The Morgan fingerprint density at radius 2 is 1.63 bits per heavy atom. The van der Waals surface area contributed by atoms with Gasteiger partial charge in [0.2, 0.25) is 0 Å². The molecule has 0 radical (unpaired) electrons. The molecule has 1 rings (SSSR count). The van der Waals surface area contributed by atoms with E-state index >= 15 is 0 Å². The molecule has 0 aliphatic carbocycles. The van der Waals surface area contributed by atoms with Gasteiger partial charge in [-0.15, -0.1) is 0 Å². The highest BCUT2D eigenvalue weighted by Gasteiger charge is 2.09. The minimum atomic E-state index is -0.445. The second-order valence-corrected chi connectivity index (χ2v) is 4.32. The number of allylic oxidation sites excluding steroid dienone is 1. The molecule has 1 heterocycles. The Bertz CT molecular complexity index is 223. The van der Waals surface area contributed by atoms with Crippen LogP contribution >= 0.6 is 0 Å². The van der Waals surface area contributed by atoms with Crippen molar-refractivity contribution in [2.75, 3.05) is 52.9 Å². The topological polar surface area (TPSA) is 36.9 Å². The Morgan fingerprint density at radius 1 is 0.947 bits per heavy atom. The zero-order valence-electron chi connectivity index (χ0n) is 11.5. The highest BCUT2D eigenvalue weighted by molar-refractivity contribution is 4.84. The largest absolute Gasteiger partial charge is 0.377 e. The molecule has 1 unspecified atom stereocenters. The van der Waals surface area contributed by atoms with Crippen molar-refractivity contribution < 1.29 is 23.3 Å². The predicted molar refractivity (Wildman–Crippen MR) is 71.2 cm³/mol. The van der Waals surface area contributed by atoms with Crippen molar-refractivity contribution in [2.45, 2.75) is 25.4 Å². The van der Waals surface area contributed by atoms with Crippen LogP contribution in [0.5, 0.6) is 0 Å². The van der Waals surface area contributed by atoms with E-state index in [4.69, 9.17) is 18.9 Å². The van der Waals surface area contributed by atoms with E-state index < -0.39 is 6.67 Å². The van der Waals surface area contributed by atoms with Crippen LogP contribution < -0.4 is 0 Å². The fraction of sp³-hybridized carbons (Fsp3) is 0.857. The summed E-state index contributed by atoms with van der Waals surface area (Å²) in [5.74, 6) is 0. The minimum absolute atomic E-state index is 0.146. The van der Waals surface area contributed by atoms with Crippen LogP contribution in [0.25, 0.3) is 0 Å². The van der Waals surface area contributed by atoms with Gasteiger partial charge in [-0.05, 0) is 19.3 Å². The fourth-order valence-electron chi connectivity index (χ4n) is 1.74. The van der Waals surface area contributed by atoms with E-state index in [2.05, 4.69) is 12.2 Å². The Balaban J connectivity index is 1.85. The van der Waals surface area contributed by atoms with Crippen molar-refractivity contribution >= 4 is 0 Å². The van der Waals surface area contributed by atoms with Crippen molar-refractivity contribution in [3.8, 4) is 0 Å². The Hall–Kier alpha value is -0.490. The maximum absolute atomic E-state index is 11.7. The summed E-state index contributed by atoms with van der Waals surface area (Å²) in [5.41, 5.74) is 0. The van der Waals surface area contributed by atoms with Gasteiger partial charge in [-0.1, -0.05) is 12.2 Å². The first kappa shape index (κ1) is 16.6. The van der Waals surface area contributed by atoms with Gasteiger partial charge in [0.15, 0.2) is 0 Å². The molecular weight excluding hydrogens is 250 g/mol. The smallest absolute Gasteiger partial charge is 0.113 e. The molecule has 1 aliphatic heterocycles. The van der Waals surface area contributed by atoms with E-state index in [1.54, 1.807) is 0 Å². The van der Waals surface area contributed by atoms with Crippen LogP contribution in [0.2, 0.25) is 0 Å². The zero-order chi connectivity index (χ0) is 13.6. The summed E-state index contributed by atoms with van der Waals surface area (Å²) in [7, 11) is 0. The van der Waals surface area contributed by atoms with E-state index in [1.165, 1.54) is 0 Å². The second-order valence-electron chi connectivity index (χ2n) is 4.32. The number of ether oxygens (including phenoxy) is 4. The molecule has 0 saturated carbocycles. The summed E-state index contributed by atoms with van der Waals surface area (Å²) in [5, 5.41) is 0. The fourth-order valence-corrected chi connectivity index (χ4v) is 1.74. The van der Waals surface area contributed by atoms with E-state index in [1.807, 2.05) is 0 Å². The maximum atomic E-state index is 11.7. The number of hydrogen-bond donors (Lipinski definition) is 0. The summed E-state index contributed by atoms with van der Waals surface area (Å²) >= 11 is 0. The average molecular weight is 275 g/mol. The van der Waals surface area contributed by atoms with Crippen molar-refractivity contribution in [3.05, 3.63) is 12.2 Å². The SMILES string of the molecule is [18F]CCOCCOCCOCC1CC/C=C/CCO1. The normalized spacial score (nSPS) is 21.8.